The van der Waals surface area contributed by atoms with Crippen molar-refractivity contribution < 1.29 is 22.7 Å². The second-order valence-corrected chi connectivity index (χ2v) is 8.22. The number of rotatable bonds is 5. The maximum Gasteiger partial charge on any atom is 0.431 e. The van der Waals surface area contributed by atoms with Crippen LogP contribution in [0, 0.1) is 0 Å². The van der Waals surface area contributed by atoms with Gasteiger partial charge in [0.15, 0.2) is 0 Å². The van der Waals surface area contributed by atoms with E-state index in [2.05, 4.69) is 10.6 Å². The summed E-state index contributed by atoms with van der Waals surface area (Å²) in [7, 11) is 3.01. The van der Waals surface area contributed by atoms with Crippen molar-refractivity contribution in [3.63, 3.8) is 0 Å². The summed E-state index contributed by atoms with van der Waals surface area (Å²) >= 11 is 0. The number of aromatic nitrogens is 1. The third-order valence-electron chi connectivity index (χ3n) is 6.15. The summed E-state index contributed by atoms with van der Waals surface area (Å²) in [6, 6.07) is 13.7. The Morgan fingerprint density at radius 3 is 2.31 bits per heavy atom. The molecule has 1 amide bonds. The molecule has 8 heteroatoms. The first-order valence-corrected chi connectivity index (χ1v) is 10.6. The molecule has 0 saturated heterocycles. The number of fused-ring (bicyclic) bond motifs is 1. The van der Waals surface area contributed by atoms with Crippen LogP contribution in [-0.2, 0) is 13.2 Å². The van der Waals surface area contributed by atoms with Crippen LogP contribution in [-0.4, -0.2) is 29.7 Å². The monoisotopic (exact) mass is 445 g/mol. The fourth-order valence-electron chi connectivity index (χ4n) is 4.37. The van der Waals surface area contributed by atoms with E-state index in [1.54, 1.807) is 43.5 Å². The molecule has 0 unspecified atom stereocenters. The Labute approximate surface area is 184 Å². The molecule has 1 saturated carbocycles. The number of carbonyl (C=O) groups is 1. The number of nitrogens with zero attached hydrogens (tertiary/aromatic N) is 1. The van der Waals surface area contributed by atoms with E-state index >= 15 is 0 Å². The number of halogens is 3. The highest BCUT2D eigenvalue weighted by Crippen LogP contribution is 2.36. The molecule has 32 heavy (non-hydrogen) atoms. The lowest BCUT2D eigenvalue weighted by atomic mass is 9.90. The van der Waals surface area contributed by atoms with E-state index in [-0.39, 0.29) is 18.0 Å². The van der Waals surface area contributed by atoms with Crippen molar-refractivity contribution in [2.24, 2.45) is 7.05 Å². The first-order valence-electron chi connectivity index (χ1n) is 10.6. The lowest BCUT2D eigenvalue weighted by Gasteiger charge is -2.30. The molecule has 0 aliphatic heterocycles. The summed E-state index contributed by atoms with van der Waals surface area (Å²) < 4.78 is 46.2. The molecule has 0 atom stereocenters. The number of ether oxygens (including phenoxy) is 1. The van der Waals surface area contributed by atoms with Crippen molar-refractivity contribution in [2.75, 3.05) is 12.4 Å². The minimum atomic E-state index is -4.40. The van der Waals surface area contributed by atoms with Gasteiger partial charge in [0.1, 0.15) is 11.4 Å². The highest BCUT2D eigenvalue weighted by atomic mass is 19.4. The topological polar surface area (TPSA) is 55.3 Å². The number of alkyl halides is 3. The highest BCUT2D eigenvalue weighted by Gasteiger charge is 2.35. The van der Waals surface area contributed by atoms with Crippen molar-refractivity contribution in [1.29, 1.82) is 0 Å². The van der Waals surface area contributed by atoms with Crippen LogP contribution in [0.15, 0.2) is 48.5 Å². The molecule has 4 rings (SSSR count). The molecule has 1 fully saturated rings. The van der Waals surface area contributed by atoms with E-state index in [0.717, 1.165) is 25.7 Å². The molecule has 2 N–H and O–H groups in total. The first kappa shape index (κ1) is 22.0. The number of amides is 1. The van der Waals surface area contributed by atoms with E-state index in [4.69, 9.17) is 4.74 Å². The van der Waals surface area contributed by atoms with Gasteiger partial charge in [-0.25, -0.2) is 0 Å². The molecule has 3 aromatic rings. The first-order chi connectivity index (χ1) is 15.3. The average Bonchev–Trinajstić information content (AvgIpc) is 3.13. The fourth-order valence-corrected chi connectivity index (χ4v) is 4.37. The van der Waals surface area contributed by atoms with Crippen molar-refractivity contribution in [1.82, 2.24) is 9.88 Å². The zero-order chi connectivity index (χ0) is 22.9. The number of hydrogen-bond donors (Lipinski definition) is 2. The molecule has 1 aliphatic rings. The second-order valence-electron chi connectivity index (χ2n) is 8.22. The summed E-state index contributed by atoms with van der Waals surface area (Å²) in [5.41, 5.74) is 1.18. The predicted octanol–water partition coefficient (Wildman–Crippen LogP) is 5.36. The predicted molar refractivity (Wildman–Crippen MR) is 118 cm³/mol. The molecule has 1 heterocycles. The molecular weight excluding hydrogens is 419 g/mol. The minimum absolute atomic E-state index is 0.0759. The fraction of sp³-hybridized carbons (Fsp3) is 0.375. The summed E-state index contributed by atoms with van der Waals surface area (Å²) in [4.78, 5) is 12.5. The lowest BCUT2D eigenvalue weighted by Crippen LogP contribution is -2.40. The number of methoxy groups -OCH3 is 1. The van der Waals surface area contributed by atoms with E-state index < -0.39 is 11.9 Å². The molecule has 0 bridgehead atoms. The molecule has 0 radical (unpaired) electrons. The van der Waals surface area contributed by atoms with Gasteiger partial charge < -0.3 is 19.9 Å². The Morgan fingerprint density at radius 1 is 1.03 bits per heavy atom. The summed E-state index contributed by atoms with van der Waals surface area (Å²) in [6.07, 6.45) is -1.15. The number of nitrogens with one attached hydrogen (secondary N) is 2. The Morgan fingerprint density at radius 2 is 1.69 bits per heavy atom. The van der Waals surface area contributed by atoms with Gasteiger partial charge in [-0.05, 0) is 68.1 Å². The van der Waals surface area contributed by atoms with Crippen LogP contribution in [0.2, 0.25) is 0 Å². The molecule has 1 aliphatic carbocycles. The molecule has 1 aromatic heterocycles. The van der Waals surface area contributed by atoms with Gasteiger partial charge in [0.25, 0.3) is 5.91 Å². The molecule has 5 nitrogen and oxygen atoms in total. The van der Waals surface area contributed by atoms with Gasteiger partial charge in [-0.15, -0.1) is 0 Å². The number of carbonyl (C=O) groups excluding carboxylic acids is 1. The molecular formula is C24H26F3N3O2. The van der Waals surface area contributed by atoms with E-state index in [1.165, 1.54) is 17.7 Å². The van der Waals surface area contributed by atoms with Gasteiger partial charge in [-0.2, -0.15) is 13.2 Å². The number of benzene rings is 2. The van der Waals surface area contributed by atoms with Crippen molar-refractivity contribution in [3.8, 4) is 5.75 Å². The van der Waals surface area contributed by atoms with Gasteiger partial charge in [0, 0.05) is 35.8 Å². The van der Waals surface area contributed by atoms with Crippen LogP contribution in [0.3, 0.4) is 0 Å². The SMILES string of the molecule is COc1ccc(C(=O)NC2CCC(Nc3cccc4c3cc(C(F)(F)F)n4C)CC2)cc1. The van der Waals surface area contributed by atoms with Gasteiger partial charge in [-0.1, -0.05) is 6.07 Å². The van der Waals surface area contributed by atoms with Crippen molar-refractivity contribution >= 4 is 22.5 Å². The number of hydrogen-bond acceptors (Lipinski definition) is 3. The standard InChI is InChI=1S/C24H26F3N3O2/c1-30-21-5-3-4-20(19(21)14-22(30)24(25,26)27)28-16-8-10-17(11-9-16)29-23(31)15-6-12-18(32-2)13-7-15/h3-7,12-14,16-17,28H,8-11H2,1-2H3,(H,29,31). The van der Waals surface area contributed by atoms with Crippen LogP contribution < -0.4 is 15.4 Å². The number of anilines is 1. The maximum absolute atomic E-state index is 13.3. The molecule has 2 aromatic carbocycles. The van der Waals surface area contributed by atoms with Gasteiger partial charge in [-0.3, -0.25) is 4.79 Å². The Balaban J connectivity index is 1.38. The van der Waals surface area contributed by atoms with Gasteiger partial charge in [0.2, 0.25) is 0 Å². The summed E-state index contributed by atoms with van der Waals surface area (Å²) in [5, 5.41) is 7.07. The summed E-state index contributed by atoms with van der Waals surface area (Å²) in [5.74, 6) is 0.585. The number of aryl methyl sites for hydroxylation is 1. The second kappa shape index (κ2) is 8.76. The lowest BCUT2D eigenvalue weighted by molar-refractivity contribution is -0.142. The quantitative estimate of drug-likeness (QED) is 0.556. The van der Waals surface area contributed by atoms with Crippen molar-refractivity contribution in [3.05, 3.63) is 59.8 Å². The van der Waals surface area contributed by atoms with Crippen LogP contribution >= 0.6 is 0 Å². The molecule has 0 spiro atoms. The zero-order valence-electron chi connectivity index (χ0n) is 18.0. The largest absolute Gasteiger partial charge is 0.497 e. The van der Waals surface area contributed by atoms with E-state index in [0.29, 0.717) is 27.9 Å². The smallest absolute Gasteiger partial charge is 0.431 e. The Hall–Kier alpha value is -3.16. The molecule has 170 valence electrons. The van der Waals surface area contributed by atoms with E-state index in [9.17, 15) is 18.0 Å². The van der Waals surface area contributed by atoms with E-state index in [1.807, 2.05) is 6.07 Å². The van der Waals surface area contributed by atoms with Crippen LogP contribution in [0.4, 0.5) is 18.9 Å². The summed E-state index contributed by atoms with van der Waals surface area (Å²) in [6.45, 7) is 0. The highest BCUT2D eigenvalue weighted by molar-refractivity contribution is 5.94. The minimum Gasteiger partial charge on any atom is -0.497 e. The third-order valence-corrected chi connectivity index (χ3v) is 6.15. The van der Waals surface area contributed by atoms with Crippen molar-refractivity contribution in [2.45, 2.75) is 43.9 Å². The van der Waals surface area contributed by atoms with Crippen LogP contribution in [0.5, 0.6) is 5.75 Å². The van der Waals surface area contributed by atoms with Crippen LogP contribution in [0.25, 0.3) is 10.9 Å². The maximum atomic E-state index is 13.3. The zero-order valence-corrected chi connectivity index (χ0v) is 18.0. The Kier molecular flexibility index (Phi) is 6.04. The van der Waals surface area contributed by atoms with Gasteiger partial charge in [0.05, 0.1) is 12.6 Å². The Bertz CT molecular complexity index is 1100. The average molecular weight is 445 g/mol. The van der Waals surface area contributed by atoms with Crippen LogP contribution in [0.1, 0.15) is 41.7 Å². The third kappa shape index (κ3) is 4.54. The normalized spacial score (nSPS) is 19.0. The van der Waals surface area contributed by atoms with Gasteiger partial charge >= 0.3 is 6.18 Å².